The lowest BCUT2D eigenvalue weighted by Crippen LogP contribution is -2.09. The van der Waals surface area contributed by atoms with Gasteiger partial charge in [0.15, 0.2) is 0 Å². The van der Waals surface area contributed by atoms with Crippen molar-refractivity contribution in [3.05, 3.63) is 237 Å². The SMILES string of the molecule is c1ccc(-c2ccc(-c3ccc(N(c4ccc(-c5ccccc5)cc4)c4ccc(-c5ccc6c7ccccc7c7c(ccc8oc9ccccc9c87)c6c5)cc4)cc3)cc2)cc1. The van der Waals surface area contributed by atoms with Crippen LogP contribution in [0.2, 0.25) is 0 Å². The second-order valence-corrected chi connectivity index (χ2v) is 16.1. The van der Waals surface area contributed by atoms with E-state index < -0.39 is 0 Å². The van der Waals surface area contributed by atoms with E-state index in [-0.39, 0.29) is 0 Å². The number of para-hydroxylation sites is 1. The Bertz CT molecular complexity index is 3570. The zero-order valence-electron chi connectivity index (χ0n) is 33.9. The van der Waals surface area contributed by atoms with Gasteiger partial charge < -0.3 is 9.32 Å². The van der Waals surface area contributed by atoms with Crippen molar-refractivity contribution in [2.45, 2.75) is 0 Å². The Kier molecular flexibility index (Phi) is 8.53. The summed E-state index contributed by atoms with van der Waals surface area (Å²) in [6, 6.07) is 85.3. The first-order valence-electron chi connectivity index (χ1n) is 21.2. The summed E-state index contributed by atoms with van der Waals surface area (Å²) in [5, 5.41) is 9.79. The minimum absolute atomic E-state index is 0.916. The normalized spacial score (nSPS) is 11.5. The number of hydrogen-bond acceptors (Lipinski definition) is 2. The van der Waals surface area contributed by atoms with Gasteiger partial charge in [-0.05, 0) is 132 Å². The van der Waals surface area contributed by atoms with Crippen molar-refractivity contribution in [2.24, 2.45) is 0 Å². The average molecular weight is 790 g/mol. The predicted molar refractivity (Wildman–Crippen MR) is 263 cm³/mol. The Labute approximate surface area is 360 Å². The van der Waals surface area contributed by atoms with Crippen LogP contribution in [0.25, 0.3) is 98.8 Å². The molecule has 1 heterocycles. The molecule has 0 atom stereocenters. The van der Waals surface area contributed by atoms with Gasteiger partial charge in [0.1, 0.15) is 11.2 Å². The zero-order chi connectivity index (χ0) is 41.0. The Balaban J connectivity index is 0.936. The highest BCUT2D eigenvalue weighted by atomic mass is 16.3. The summed E-state index contributed by atoms with van der Waals surface area (Å²) in [6.45, 7) is 0. The van der Waals surface area contributed by atoms with Crippen molar-refractivity contribution in [3.8, 4) is 44.5 Å². The maximum Gasteiger partial charge on any atom is 0.136 e. The molecule has 2 heteroatoms. The molecule has 62 heavy (non-hydrogen) atoms. The van der Waals surface area contributed by atoms with Gasteiger partial charge in [0.2, 0.25) is 0 Å². The van der Waals surface area contributed by atoms with Crippen LogP contribution in [0.4, 0.5) is 17.1 Å². The van der Waals surface area contributed by atoms with Gasteiger partial charge in [-0.1, -0.05) is 176 Å². The molecule has 0 aliphatic heterocycles. The van der Waals surface area contributed by atoms with E-state index in [0.29, 0.717) is 0 Å². The van der Waals surface area contributed by atoms with Gasteiger partial charge in [0.25, 0.3) is 0 Å². The monoisotopic (exact) mass is 789 g/mol. The van der Waals surface area contributed by atoms with E-state index in [2.05, 4.69) is 235 Å². The highest BCUT2D eigenvalue weighted by molar-refractivity contribution is 6.34. The van der Waals surface area contributed by atoms with Gasteiger partial charge in [-0.25, -0.2) is 0 Å². The number of anilines is 3. The van der Waals surface area contributed by atoms with Crippen LogP contribution < -0.4 is 4.90 Å². The maximum absolute atomic E-state index is 6.37. The molecule has 2 nitrogen and oxygen atoms in total. The second-order valence-electron chi connectivity index (χ2n) is 16.1. The molecule has 0 saturated carbocycles. The van der Waals surface area contributed by atoms with Crippen molar-refractivity contribution in [1.82, 2.24) is 0 Å². The van der Waals surface area contributed by atoms with Crippen LogP contribution in [0, 0.1) is 0 Å². The number of benzene rings is 11. The Morgan fingerprint density at radius 3 is 1.15 bits per heavy atom. The lowest BCUT2D eigenvalue weighted by molar-refractivity contribution is 0.669. The average Bonchev–Trinajstić information content (AvgIpc) is 3.74. The van der Waals surface area contributed by atoms with E-state index >= 15 is 0 Å². The Morgan fingerprint density at radius 1 is 0.226 bits per heavy atom. The summed E-state index contributed by atoms with van der Waals surface area (Å²) in [5.74, 6) is 0. The molecule has 290 valence electrons. The van der Waals surface area contributed by atoms with E-state index in [1.165, 1.54) is 82.2 Å². The molecule has 1 aromatic heterocycles. The van der Waals surface area contributed by atoms with Gasteiger partial charge in [0.05, 0.1) is 0 Å². The first kappa shape index (κ1) is 35.7. The lowest BCUT2D eigenvalue weighted by Gasteiger charge is -2.26. The summed E-state index contributed by atoms with van der Waals surface area (Å²) < 4.78 is 6.37. The van der Waals surface area contributed by atoms with Crippen LogP contribution >= 0.6 is 0 Å². The van der Waals surface area contributed by atoms with Gasteiger partial charge in [0, 0.05) is 33.2 Å². The van der Waals surface area contributed by atoms with Gasteiger partial charge >= 0.3 is 0 Å². The number of hydrogen-bond donors (Lipinski definition) is 0. The molecule has 12 aromatic rings. The Morgan fingerprint density at radius 2 is 0.597 bits per heavy atom. The third kappa shape index (κ3) is 6.12. The summed E-state index contributed by atoms with van der Waals surface area (Å²) in [7, 11) is 0. The van der Waals surface area contributed by atoms with E-state index in [1.807, 2.05) is 6.07 Å². The van der Waals surface area contributed by atoms with Gasteiger partial charge in [-0.15, -0.1) is 0 Å². The smallest absolute Gasteiger partial charge is 0.136 e. The molecule has 0 spiro atoms. The van der Waals surface area contributed by atoms with Crippen molar-refractivity contribution in [1.29, 1.82) is 0 Å². The van der Waals surface area contributed by atoms with Crippen molar-refractivity contribution in [2.75, 3.05) is 4.90 Å². The molecule has 0 amide bonds. The molecule has 0 aliphatic rings. The summed E-state index contributed by atoms with van der Waals surface area (Å²) >= 11 is 0. The molecule has 0 unspecified atom stereocenters. The van der Waals surface area contributed by atoms with Crippen molar-refractivity contribution in [3.63, 3.8) is 0 Å². The molecule has 0 saturated heterocycles. The van der Waals surface area contributed by atoms with E-state index in [1.54, 1.807) is 0 Å². The number of fused-ring (bicyclic) bond motifs is 10. The molecule has 0 aliphatic carbocycles. The number of furan rings is 1. The summed E-state index contributed by atoms with van der Waals surface area (Å²) in [6.07, 6.45) is 0. The first-order valence-corrected chi connectivity index (χ1v) is 21.2. The second kappa shape index (κ2) is 14.8. The molecule has 0 bridgehead atoms. The molecular formula is C60H39NO. The van der Waals surface area contributed by atoms with Gasteiger partial charge in [-0.3, -0.25) is 0 Å². The highest BCUT2D eigenvalue weighted by Gasteiger charge is 2.18. The van der Waals surface area contributed by atoms with Crippen LogP contribution in [0.5, 0.6) is 0 Å². The fraction of sp³-hybridized carbons (Fsp3) is 0. The predicted octanol–water partition coefficient (Wildman–Crippen LogP) is 17.2. The minimum Gasteiger partial charge on any atom is -0.456 e. The van der Waals surface area contributed by atoms with Crippen LogP contribution in [0.3, 0.4) is 0 Å². The van der Waals surface area contributed by atoms with E-state index in [4.69, 9.17) is 4.42 Å². The molecule has 12 rings (SSSR count). The van der Waals surface area contributed by atoms with E-state index in [0.717, 1.165) is 33.6 Å². The lowest BCUT2D eigenvalue weighted by atomic mass is 9.90. The van der Waals surface area contributed by atoms with Crippen LogP contribution in [0.15, 0.2) is 241 Å². The molecule has 0 radical (unpaired) electrons. The topological polar surface area (TPSA) is 16.4 Å². The first-order chi connectivity index (χ1) is 30.7. The van der Waals surface area contributed by atoms with Crippen molar-refractivity contribution >= 4 is 71.3 Å². The fourth-order valence-corrected chi connectivity index (χ4v) is 9.41. The quantitative estimate of drug-likeness (QED) is 0.150. The summed E-state index contributed by atoms with van der Waals surface area (Å²) in [4.78, 5) is 2.35. The highest BCUT2D eigenvalue weighted by Crippen LogP contribution is 2.44. The molecule has 0 N–H and O–H groups in total. The van der Waals surface area contributed by atoms with Crippen LogP contribution in [0.1, 0.15) is 0 Å². The van der Waals surface area contributed by atoms with Crippen LogP contribution in [-0.4, -0.2) is 0 Å². The third-order valence-corrected chi connectivity index (χ3v) is 12.5. The molecule has 11 aromatic carbocycles. The number of rotatable bonds is 7. The Hall–Kier alpha value is -8.20. The third-order valence-electron chi connectivity index (χ3n) is 12.5. The van der Waals surface area contributed by atoms with Gasteiger partial charge in [-0.2, -0.15) is 0 Å². The number of nitrogens with zero attached hydrogens (tertiary/aromatic N) is 1. The fourth-order valence-electron chi connectivity index (χ4n) is 9.41. The summed E-state index contributed by atoms with van der Waals surface area (Å²) in [5.41, 5.74) is 14.7. The van der Waals surface area contributed by atoms with Crippen LogP contribution in [-0.2, 0) is 0 Å². The minimum atomic E-state index is 0.916. The largest absolute Gasteiger partial charge is 0.456 e. The van der Waals surface area contributed by atoms with E-state index in [9.17, 15) is 0 Å². The molecule has 0 fully saturated rings. The van der Waals surface area contributed by atoms with Crippen molar-refractivity contribution < 1.29 is 4.42 Å². The standard InChI is InChI=1S/C60H39NO/c1-3-11-40(12-4-1)42-19-21-43(22-20-42)45-25-32-49(33-26-45)61(48-30-23-44(24-31-48)41-13-5-2-6-14-41)50-34-27-46(28-35-50)47-29-36-52-51-15-7-8-16-53(51)59-54(56(52)39-47)37-38-58-60(59)55-17-9-10-18-57(55)62-58/h1-39H. The molecular weight excluding hydrogens is 751 g/mol. The maximum atomic E-state index is 6.37. The zero-order valence-corrected chi connectivity index (χ0v) is 33.9.